The Balaban J connectivity index is 0.00000220. The molecule has 0 atom stereocenters. The number of nitrogens with zero attached hydrogens (tertiary/aromatic N) is 2. The molecule has 0 amide bonds. The van der Waals surface area contributed by atoms with Gasteiger partial charge in [0.05, 0.1) is 6.20 Å². The molecule has 0 radical (unpaired) electrons. The Morgan fingerprint density at radius 3 is 2.62 bits per heavy atom. The van der Waals surface area contributed by atoms with E-state index in [0.717, 1.165) is 38.1 Å². The molecule has 1 aliphatic heterocycles. The predicted octanol–water partition coefficient (Wildman–Crippen LogP) is 1.65. The second-order valence-electron chi connectivity index (χ2n) is 5.08. The molecule has 2 rings (SSSR count). The zero-order valence-electron chi connectivity index (χ0n) is 12.0. The monoisotopic (exact) mass is 337 g/mol. The lowest BCUT2D eigenvalue weighted by Crippen LogP contribution is -2.39. The molecule has 21 heavy (non-hydrogen) atoms. The molecule has 0 aliphatic carbocycles. The van der Waals surface area contributed by atoms with Crippen LogP contribution in [0.4, 0.5) is 4.39 Å². The molecule has 1 aromatic rings. The standard InChI is InChI=1S/C13H20FN3O2S.ClH/c1-15-5-2-11-3-6-17(7-4-11)20(18,19)13-8-12(14)9-16-10-13;/h8-11,15H,2-7H2,1H3;1H. The summed E-state index contributed by atoms with van der Waals surface area (Å²) in [5.74, 6) is -0.0745. The summed E-state index contributed by atoms with van der Waals surface area (Å²) < 4.78 is 39.3. The SMILES string of the molecule is CNCCC1CCN(S(=O)(=O)c2cncc(F)c2)CC1.Cl. The van der Waals surface area contributed by atoms with E-state index in [1.54, 1.807) is 0 Å². The maximum atomic E-state index is 13.1. The Hall–Kier alpha value is -0.760. The molecule has 120 valence electrons. The average molecular weight is 338 g/mol. The third kappa shape index (κ3) is 4.60. The van der Waals surface area contributed by atoms with Crippen LogP contribution >= 0.6 is 12.4 Å². The second-order valence-corrected chi connectivity index (χ2v) is 7.02. The van der Waals surface area contributed by atoms with Gasteiger partial charge in [-0.15, -0.1) is 12.4 Å². The van der Waals surface area contributed by atoms with Crippen molar-refractivity contribution in [2.24, 2.45) is 5.92 Å². The normalized spacial score (nSPS) is 17.4. The average Bonchev–Trinajstić information content (AvgIpc) is 2.45. The smallest absolute Gasteiger partial charge is 0.244 e. The summed E-state index contributed by atoms with van der Waals surface area (Å²) in [6, 6.07) is 1.02. The second kappa shape index (κ2) is 8.03. The topological polar surface area (TPSA) is 62.3 Å². The summed E-state index contributed by atoms with van der Waals surface area (Å²) in [6.45, 7) is 1.94. The Kier molecular flexibility index (Phi) is 6.99. The number of aromatic nitrogens is 1. The first-order chi connectivity index (χ1) is 9.54. The number of rotatable bonds is 5. The van der Waals surface area contributed by atoms with Crippen molar-refractivity contribution < 1.29 is 12.8 Å². The van der Waals surface area contributed by atoms with Crippen LogP contribution in [0.15, 0.2) is 23.4 Å². The van der Waals surface area contributed by atoms with Crippen molar-refractivity contribution in [3.05, 3.63) is 24.3 Å². The number of pyridine rings is 1. The number of nitrogens with one attached hydrogen (secondary N) is 1. The Morgan fingerprint density at radius 2 is 2.05 bits per heavy atom. The molecule has 0 saturated carbocycles. The molecular formula is C13H21ClFN3O2S. The summed E-state index contributed by atoms with van der Waals surface area (Å²) in [7, 11) is -1.70. The van der Waals surface area contributed by atoms with Crippen LogP contribution < -0.4 is 5.32 Å². The minimum atomic E-state index is -3.61. The van der Waals surface area contributed by atoms with Crippen LogP contribution in [-0.4, -0.2) is 44.4 Å². The van der Waals surface area contributed by atoms with E-state index < -0.39 is 15.8 Å². The molecule has 8 heteroatoms. The van der Waals surface area contributed by atoms with Crippen molar-refractivity contribution in [3.63, 3.8) is 0 Å². The fraction of sp³-hybridized carbons (Fsp3) is 0.615. The Morgan fingerprint density at radius 1 is 1.38 bits per heavy atom. The van der Waals surface area contributed by atoms with Gasteiger partial charge >= 0.3 is 0 Å². The van der Waals surface area contributed by atoms with Crippen molar-refractivity contribution in [3.8, 4) is 0 Å². The van der Waals surface area contributed by atoms with Gasteiger partial charge in [-0.2, -0.15) is 4.31 Å². The maximum absolute atomic E-state index is 13.1. The zero-order chi connectivity index (χ0) is 14.6. The van der Waals surface area contributed by atoms with Crippen LogP contribution in [0.5, 0.6) is 0 Å². The molecule has 1 aromatic heterocycles. The Bertz CT molecular complexity index is 548. The lowest BCUT2D eigenvalue weighted by atomic mass is 9.95. The lowest BCUT2D eigenvalue weighted by molar-refractivity contribution is 0.263. The summed E-state index contributed by atoms with van der Waals surface area (Å²) in [5.41, 5.74) is 0. The van der Waals surface area contributed by atoms with Crippen molar-refractivity contribution in [2.45, 2.75) is 24.2 Å². The van der Waals surface area contributed by atoms with Gasteiger partial charge in [-0.25, -0.2) is 12.8 Å². The third-order valence-corrected chi connectivity index (χ3v) is 5.56. The first kappa shape index (κ1) is 18.3. The molecule has 0 unspecified atom stereocenters. The molecular weight excluding hydrogens is 317 g/mol. The van der Waals surface area contributed by atoms with Crippen molar-refractivity contribution >= 4 is 22.4 Å². The van der Waals surface area contributed by atoms with Crippen LogP contribution in [0, 0.1) is 11.7 Å². The highest BCUT2D eigenvalue weighted by Gasteiger charge is 2.29. The van der Waals surface area contributed by atoms with Crippen LogP contribution in [0.3, 0.4) is 0 Å². The number of sulfonamides is 1. The van der Waals surface area contributed by atoms with E-state index in [1.165, 1.54) is 10.5 Å². The highest BCUT2D eigenvalue weighted by molar-refractivity contribution is 7.89. The van der Waals surface area contributed by atoms with Crippen LogP contribution in [0.25, 0.3) is 0 Å². The van der Waals surface area contributed by atoms with Gasteiger partial charge < -0.3 is 5.32 Å². The van der Waals surface area contributed by atoms with Gasteiger partial charge in [0.25, 0.3) is 0 Å². The fourth-order valence-electron chi connectivity index (χ4n) is 2.47. The van der Waals surface area contributed by atoms with Gasteiger partial charge in [0.1, 0.15) is 10.7 Å². The molecule has 0 spiro atoms. The summed E-state index contributed by atoms with van der Waals surface area (Å²) in [4.78, 5) is 3.55. The minimum Gasteiger partial charge on any atom is -0.320 e. The van der Waals surface area contributed by atoms with E-state index in [1.807, 2.05) is 7.05 Å². The molecule has 1 N–H and O–H groups in total. The summed E-state index contributed by atoms with van der Waals surface area (Å²) in [6.07, 6.45) is 4.97. The van der Waals surface area contributed by atoms with E-state index in [0.29, 0.717) is 19.0 Å². The van der Waals surface area contributed by atoms with Gasteiger partial charge in [-0.05, 0) is 44.8 Å². The fourth-order valence-corrected chi connectivity index (χ4v) is 3.91. The molecule has 2 heterocycles. The molecule has 1 saturated heterocycles. The zero-order valence-corrected chi connectivity index (χ0v) is 13.6. The van der Waals surface area contributed by atoms with Crippen molar-refractivity contribution in [2.75, 3.05) is 26.7 Å². The summed E-state index contributed by atoms with van der Waals surface area (Å²) >= 11 is 0. The first-order valence-electron chi connectivity index (χ1n) is 6.79. The maximum Gasteiger partial charge on any atom is 0.244 e. The van der Waals surface area contributed by atoms with E-state index in [4.69, 9.17) is 0 Å². The van der Waals surface area contributed by atoms with E-state index >= 15 is 0 Å². The van der Waals surface area contributed by atoms with Gasteiger partial charge in [0.15, 0.2) is 0 Å². The number of hydrogen-bond donors (Lipinski definition) is 1. The van der Waals surface area contributed by atoms with E-state index in [-0.39, 0.29) is 17.3 Å². The molecule has 1 fully saturated rings. The number of piperidine rings is 1. The van der Waals surface area contributed by atoms with Crippen molar-refractivity contribution in [1.82, 2.24) is 14.6 Å². The first-order valence-corrected chi connectivity index (χ1v) is 8.23. The van der Waals surface area contributed by atoms with Gasteiger partial charge in [0, 0.05) is 19.3 Å². The summed E-state index contributed by atoms with van der Waals surface area (Å²) in [5, 5.41) is 3.11. The number of hydrogen-bond acceptors (Lipinski definition) is 4. The molecule has 0 bridgehead atoms. The van der Waals surface area contributed by atoms with Crippen LogP contribution in [0.1, 0.15) is 19.3 Å². The highest BCUT2D eigenvalue weighted by atomic mass is 35.5. The predicted molar refractivity (Wildman–Crippen MR) is 81.5 cm³/mol. The molecule has 0 aromatic carbocycles. The van der Waals surface area contributed by atoms with Gasteiger partial charge in [-0.1, -0.05) is 0 Å². The van der Waals surface area contributed by atoms with E-state index in [2.05, 4.69) is 10.3 Å². The number of halogens is 2. The highest BCUT2D eigenvalue weighted by Crippen LogP contribution is 2.25. The molecule has 1 aliphatic rings. The third-order valence-electron chi connectivity index (χ3n) is 3.69. The molecule has 5 nitrogen and oxygen atoms in total. The largest absolute Gasteiger partial charge is 0.320 e. The van der Waals surface area contributed by atoms with E-state index in [9.17, 15) is 12.8 Å². The Labute approximate surface area is 131 Å². The quantitative estimate of drug-likeness (QED) is 0.887. The van der Waals surface area contributed by atoms with Gasteiger partial charge in [0.2, 0.25) is 10.0 Å². The minimum absolute atomic E-state index is 0. The van der Waals surface area contributed by atoms with Crippen molar-refractivity contribution in [1.29, 1.82) is 0 Å². The van der Waals surface area contributed by atoms with Gasteiger partial charge in [-0.3, -0.25) is 4.98 Å². The van der Waals surface area contributed by atoms with Crippen LogP contribution in [0.2, 0.25) is 0 Å². The lowest BCUT2D eigenvalue weighted by Gasteiger charge is -2.31. The van der Waals surface area contributed by atoms with Crippen LogP contribution in [-0.2, 0) is 10.0 Å².